The van der Waals surface area contributed by atoms with Gasteiger partial charge in [-0.15, -0.1) is 0 Å². The van der Waals surface area contributed by atoms with Gasteiger partial charge >= 0.3 is 6.61 Å². The Labute approximate surface area is 93.0 Å². The van der Waals surface area contributed by atoms with Crippen LogP contribution in [0.15, 0.2) is 24.3 Å². The van der Waals surface area contributed by atoms with E-state index in [9.17, 15) is 8.78 Å². The van der Waals surface area contributed by atoms with Crippen molar-refractivity contribution in [1.82, 2.24) is 5.32 Å². The Morgan fingerprint density at radius 3 is 2.75 bits per heavy atom. The van der Waals surface area contributed by atoms with Gasteiger partial charge in [-0.3, -0.25) is 0 Å². The lowest BCUT2D eigenvalue weighted by molar-refractivity contribution is -0.0504. The smallest absolute Gasteiger partial charge is 0.387 e. The second kappa shape index (κ2) is 7.14. The van der Waals surface area contributed by atoms with Crippen molar-refractivity contribution < 1.29 is 18.6 Å². The molecular formula is C11H15F2NO2. The molecule has 0 aliphatic heterocycles. The molecule has 0 fully saturated rings. The Balaban J connectivity index is 2.50. The summed E-state index contributed by atoms with van der Waals surface area (Å²) in [6.45, 7) is -1.61. The molecule has 0 spiro atoms. The average molecular weight is 231 g/mol. The van der Waals surface area contributed by atoms with Crippen molar-refractivity contribution in [1.29, 1.82) is 0 Å². The van der Waals surface area contributed by atoms with E-state index in [0.717, 1.165) is 0 Å². The number of hydrogen-bond donors (Lipinski definition) is 2. The van der Waals surface area contributed by atoms with E-state index >= 15 is 0 Å². The SMILES string of the molecule is OCCCNCc1ccccc1OC(F)F. The normalized spacial score (nSPS) is 10.8. The van der Waals surface area contributed by atoms with Crippen LogP contribution in [0.3, 0.4) is 0 Å². The van der Waals surface area contributed by atoms with Crippen molar-refractivity contribution in [2.24, 2.45) is 0 Å². The Morgan fingerprint density at radius 2 is 2.06 bits per heavy atom. The van der Waals surface area contributed by atoms with Gasteiger partial charge in [0.2, 0.25) is 0 Å². The molecule has 5 heteroatoms. The molecule has 0 atom stereocenters. The minimum absolute atomic E-state index is 0.113. The number of hydrogen-bond acceptors (Lipinski definition) is 3. The van der Waals surface area contributed by atoms with Gasteiger partial charge in [0.15, 0.2) is 0 Å². The van der Waals surface area contributed by atoms with Crippen LogP contribution in [-0.2, 0) is 6.54 Å². The third-order valence-electron chi connectivity index (χ3n) is 2.02. The molecule has 2 N–H and O–H groups in total. The van der Waals surface area contributed by atoms with E-state index < -0.39 is 6.61 Å². The topological polar surface area (TPSA) is 41.5 Å². The van der Waals surface area contributed by atoms with E-state index in [4.69, 9.17) is 5.11 Å². The van der Waals surface area contributed by atoms with Crippen LogP contribution in [0.4, 0.5) is 8.78 Å². The largest absolute Gasteiger partial charge is 0.434 e. The van der Waals surface area contributed by atoms with E-state index in [1.54, 1.807) is 18.2 Å². The highest BCUT2D eigenvalue weighted by atomic mass is 19.3. The summed E-state index contributed by atoms with van der Waals surface area (Å²) in [6.07, 6.45) is 0.637. The summed E-state index contributed by atoms with van der Waals surface area (Å²) in [4.78, 5) is 0. The number of alkyl halides is 2. The van der Waals surface area contributed by atoms with Crippen molar-refractivity contribution in [3.8, 4) is 5.75 Å². The molecule has 0 saturated carbocycles. The highest BCUT2D eigenvalue weighted by Crippen LogP contribution is 2.19. The number of aliphatic hydroxyl groups is 1. The lowest BCUT2D eigenvalue weighted by atomic mass is 10.2. The van der Waals surface area contributed by atoms with Crippen molar-refractivity contribution in [3.63, 3.8) is 0 Å². The van der Waals surface area contributed by atoms with E-state index in [0.29, 0.717) is 25.1 Å². The van der Waals surface area contributed by atoms with Crippen LogP contribution >= 0.6 is 0 Å². The number of halogens is 2. The Bertz CT molecular complexity index is 308. The van der Waals surface area contributed by atoms with Crippen LogP contribution in [0.2, 0.25) is 0 Å². The fourth-order valence-electron chi connectivity index (χ4n) is 1.29. The van der Waals surface area contributed by atoms with Crippen molar-refractivity contribution in [2.75, 3.05) is 13.2 Å². The standard InChI is InChI=1S/C11H15F2NO2/c12-11(13)16-10-5-2-1-4-9(10)8-14-6-3-7-15/h1-2,4-5,11,14-15H,3,6-8H2. The molecule has 0 amide bonds. The van der Waals surface area contributed by atoms with Crippen LogP contribution < -0.4 is 10.1 Å². The molecule has 0 radical (unpaired) electrons. The molecule has 0 bridgehead atoms. The number of nitrogens with one attached hydrogen (secondary N) is 1. The summed E-state index contributed by atoms with van der Waals surface area (Å²) in [6, 6.07) is 6.65. The van der Waals surface area contributed by atoms with Crippen molar-refractivity contribution >= 4 is 0 Å². The van der Waals surface area contributed by atoms with Gasteiger partial charge in [-0.25, -0.2) is 0 Å². The minimum Gasteiger partial charge on any atom is -0.434 e. The number of para-hydroxylation sites is 1. The number of rotatable bonds is 7. The van der Waals surface area contributed by atoms with Crippen LogP contribution in [0, 0.1) is 0 Å². The lowest BCUT2D eigenvalue weighted by Crippen LogP contribution is -2.16. The number of ether oxygens (including phenoxy) is 1. The first-order valence-corrected chi connectivity index (χ1v) is 5.08. The van der Waals surface area contributed by atoms with Gasteiger partial charge in [0.1, 0.15) is 5.75 Å². The lowest BCUT2D eigenvalue weighted by Gasteiger charge is -2.10. The van der Waals surface area contributed by atoms with E-state index in [1.165, 1.54) is 6.07 Å². The summed E-state index contributed by atoms with van der Waals surface area (Å²) in [7, 11) is 0. The molecule has 0 saturated heterocycles. The molecule has 0 aromatic heterocycles. The van der Waals surface area contributed by atoms with Crippen LogP contribution in [0.5, 0.6) is 5.75 Å². The first-order chi connectivity index (χ1) is 7.74. The zero-order chi connectivity index (χ0) is 11.8. The quantitative estimate of drug-likeness (QED) is 0.702. The van der Waals surface area contributed by atoms with Gasteiger partial charge in [-0.05, 0) is 19.0 Å². The molecule has 0 unspecified atom stereocenters. The summed E-state index contributed by atoms with van der Waals surface area (Å²) in [5.74, 6) is 0.189. The number of benzene rings is 1. The maximum absolute atomic E-state index is 12.1. The Hall–Kier alpha value is -1.20. The van der Waals surface area contributed by atoms with Gasteiger partial charge in [0, 0.05) is 18.7 Å². The highest BCUT2D eigenvalue weighted by Gasteiger charge is 2.08. The van der Waals surface area contributed by atoms with Crippen molar-refractivity contribution in [3.05, 3.63) is 29.8 Å². The molecule has 0 heterocycles. The summed E-state index contributed by atoms with van der Waals surface area (Å²) in [5, 5.41) is 11.6. The third-order valence-corrected chi connectivity index (χ3v) is 2.02. The Morgan fingerprint density at radius 1 is 1.31 bits per heavy atom. The molecule has 1 aromatic rings. The van der Waals surface area contributed by atoms with E-state index in [1.807, 2.05) is 0 Å². The third kappa shape index (κ3) is 4.55. The molecular weight excluding hydrogens is 216 g/mol. The van der Waals surface area contributed by atoms with E-state index in [2.05, 4.69) is 10.1 Å². The van der Waals surface area contributed by atoms with Gasteiger partial charge < -0.3 is 15.2 Å². The fourth-order valence-corrected chi connectivity index (χ4v) is 1.29. The Kier molecular flexibility index (Phi) is 5.74. The monoisotopic (exact) mass is 231 g/mol. The predicted octanol–water partition coefficient (Wildman–Crippen LogP) is 1.76. The first-order valence-electron chi connectivity index (χ1n) is 5.08. The molecule has 0 aliphatic carbocycles. The van der Waals surface area contributed by atoms with Crippen LogP contribution in [0.1, 0.15) is 12.0 Å². The fraction of sp³-hybridized carbons (Fsp3) is 0.455. The molecule has 1 rings (SSSR count). The maximum Gasteiger partial charge on any atom is 0.387 e. The summed E-state index contributed by atoms with van der Waals surface area (Å²) < 4.78 is 28.5. The van der Waals surface area contributed by atoms with Gasteiger partial charge in [-0.1, -0.05) is 18.2 Å². The average Bonchev–Trinajstić information content (AvgIpc) is 2.26. The van der Waals surface area contributed by atoms with Crippen LogP contribution in [0.25, 0.3) is 0 Å². The van der Waals surface area contributed by atoms with Gasteiger partial charge in [0.05, 0.1) is 0 Å². The summed E-state index contributed by atoms with van der Waals surface area (Å²) in [5.41, 5.74) is 0.681. The van der Waals surface area contributed by atoms with Gasteiger partial charge in [0.25, 0.3) is 0 Å². The molecule has 0 aliphatic rings. The number of aliphatic hydroxyl groups excluding tert-OH is 1. The highest BCUT2D eigenvalue weighted by molar-refractivity contribution is 5.33. The van der Waals surface area contributed by atoms with E-state index in [-0.39, 0.29) is 12.4 Å². The second-order valence-electron chi connectivity index (χ2n) is 3.24. The molecule has 16 heavy (non-hydrogen) atoms. The van der Waals surface area contributed by atoms with Gasteiger partial charge in [-0.2, -0.15) is 8.78 Å². The second-order valence-corrected chi connectivity index (χ2v) is 3.24. The van der Waals surface area contributed by atoms with Crippen molar-refractivity contribution in [2.45, 2.75) is 19.6 Å². The zero-order valence-electron chi connectivity index (χ0n) is 8.83. The van der Waals surface area contributed by atoms with Crippen LogP contribution in [-0.4, -0.2) is 24.9 Å². The summed E-state index contributed by atoms with van der Waals surface area (Å²) >= 11 is 0. The zero-order valence-corrected chi connectivity index (χ0v) is 8.83. The molecule has 90 valence electrons. The predicted molar refractivity (Wildman–Crippen MR) is 56.5 cm³/mol. The molecule has 1 aromatic carbocycles. The maximum atomic E-state index is 12.1. The first kappa shape index (κ1) is 12.9. The molecule has 3 nitrogen and oxygen atoms in total. The minimum atomic E-state index is -2.81.